The second-order valence-electron chi connectivity index (χ2n) is 5.20. The van der Waals surface area contributed by atoms with Crippen molar-refractivity contribution in [1.29, 1.82) is 0 Å². The van der Waals surface area contributed by atoms with Crippen molar-refractivity contribution >= 4 is 23.0 Å². The zero-order valence-corrected chi connectivity index (χ0v) is 12.3. The van der Waals surface area contributed by atoms with Crippen LogP contribution >= 0.6 is 0 Å². The Kier molecular flexibility index (Phi) is 3.87. The first kappa shape index (κ1) is 14.3. The summed E-state index contributed by atoms with van der Waals surface area (Å²) in [6, 6.07) is 10.8. The molecule has 0 bridgehead atoms. The fraction of sp³-hybridized carbons (Fsp3) is 0.235. The largest absolute Gasteiger partial charge is 0.478 e. The Balaban J connectivity index is 1.87. The second kappa shape index (κ2) is 5.97. The van der Waals surface area contributed by atoms with Crippen molar-refractivity contribution in [3.8, 4) is 11.5 Å². The number of aromatic carboxylic acids is 1. The summed E-state index contributed by atoms with van der Waals surface area (Å²) in [6.45, 7) is 3.07. The monoisotopic (exact) mass is 298 g/mol. The van der Waals surface area contributed by atoms with Crippen LogP contribution in [0.25, 0.3) is 0 Å². The van der Waals surface area contributed by atoms with Crippen LogP contribution < -0.4 is 15.4 Å². The highest BCUT2D eigenvalue weighted by Gasteiger charge is 2.22. The summed E-state index contributed by atoms with van der Waals surface area (Å²) in [7, 11) is 0. The standard InChI is InChI=1S/C17H18N2O3/c1-2-3-9-18-11-7-8-13-15(10-11)22-14-6-4-5-12(17(20)21)16(14)19-13/h4-8,10,18-19H,2-3,9H2,1H3,(H,20,21). The minimum atomic E-state index is -0.978. The normalized spacial score (nSPS) is 11.7. The number of carboxylic acids is 1. The summed E-state index contributed by atoms with van der Waals surface area (Å²) < 4.78 is 5.85. The number of fused-ring (bicyclic) bond motifs is 2. The zero-order chi connectivity index (χ0) is 15.5. The number of hydrogen-bond acceptors (Lipinski definition) is 4. The third-order valence-electron chi connectivity index (χ3n) is 3.58. The van der Waals surface area contributed by atoms with E-state index in [-0.39, 0.29) is 5.56 Å². The molecule has 0 unspecified atom stereocenters. The van der Waals surface area contributed by atoms with Gasteiger partial charge in [-0.05, 0) is 30.7 Å². The van der Waals surface area contributed by atoms with Gasteiger partial charge in [-0.2, -0.15) is 0 Å². The molecular weight excluding hydrogens is 280 g/mol. The van der Waals surface area contributed by atoms with Crippen molar-refractivity contribution < 1.29 is 14.6 Å². The zero-order valence-electron chi connectivity index (χ0n) is 12.3. The van der Waals surface area contributed by atoms with Gasteiger partial charge in [0, 0.05) is 18.3 Å². The van der Waals surface area contributed by atoms with Crippen LogP contribution in [0.5, 0.6) is 11.5 Å². The average molecular weight is 298 g/mol. The second-order valence-corrected chi connectivity index (χ2v) is 5.20. The van der Waals surface area contributed by atoms with Gasteiger partial charge in [-0.1, -0.05) is 19.4 Å². The molecule has 1 aliphatic heterocycles. The molecule has 2 aromatic carbocycles. The molecule has 0 fully saturated rings. The fourth-order valence-corrected chi connectivity index (χ4v) is 2.41. The van der Waals surface area contributed by atoms with Crippen molar-refractivity contribution in [3.05, 3.63) is 42.0 Å². The molecule has 22 heavy (non-hydrogen) atoms. The lowest BCUT2D eigenvalue weighted by Gasteiger charge is -2.23. The highest BCUT2D eigenvalue weighted by atomic mass is 16.5. The summed E-state index contributed by atoms with van der Waals surface area (Å²) >= 11 is 0. The summed E-state index contributed by atoms with van der Waals surface area (Å²) in [5.41, 5.74) is 2.46. The van der Waals surface area contributed by atoms with Crippen molar-refractivity contribution in [2.45, 2.75) is 19.8 Å². The van der Waals surface area contributed by atoms with E-state index in [1.54, 1.807) is 18.2 Å². The molecule has 5 nitrogen and oxygen atoms in total. The SMILES string of the molecule is CCCCNc1ccc2c(c1)Oc1cccc(C(=O)O)c1N2. The van der Waals surface area contributed by atoms with E-state index in [9.17, 15) is 9.90 Å². The molecule has 0 aliphatic carbocycles. The van der Waals surface area contributed by atoms with Crippen LogP contribution in [0.2, 0.25) is 0 Å². The van der Waals surface area contributed by atoms with Crippen molar-refractivity contribution in [2.24, 2.45) is 0 Å². The molecule has 0 spiro atoms. The van der Waals surface area contributed by atoms with E-state index >= 15 is 0 Å². The van der Waals surface area contributed by atoms with E-state index in [0.29, 0.717) is 17.2 Å². The molecule has 1 heterocycles. The first-order valence-corrected chi connectivity index (χ1v) is 7.38. The number of carboxylic acid groups (broad SMARTS) is 1. The van der Waals surface area contributed by atoms with Gasteiger partial charge in [0.05, 0.1) is 16.9 Å². The topological polar surface area (TPSA) is 70.6 Å². The van der Waals surface area contributed by atoms with Gasteiger partial charge in [-0.25, -0.2) is 4.79 Å². The molecule has 114 valence electrons. The van der Waals surface area contributed by atoms with E-state index in [1.165, 1.54) is 0 Å². The van der Waals surface area contributed by atoms with E-state index < -0.39 is 5.97 Å². The molecule has 0 amide bonds. The maximum atomic E-state index is 11.3. The minimum Gasteiger partial charge on any atom is -0.478 e. The molecule has 3 N–H and O–H groups in total. The van der Waals surface area contributed by atoms with E-state index in [4.69, 9.17) is 4.74 Å². The number of anilines is 3. The lowest BCUT2D eigenvalue weighted by Crippen LogP contribution is -2.09. The average Bonchev–Trinajstić information content (AvgIpc) is 2.52. The number of carbonyl (C=O) groups is 1. The molecule has 0 atom stereocenters. The summed E-state index contributed by atoms with van der Waals surface area (Å²) in [5.74, 6) is 0.240. The van der Waals surface area contributed by atoms with Gasteiger partial charge in [0.2, 0.25) is 0 Å². The predicted octanol–water partition coefficient (Wildman–Crippen LogP) is 4.45. The number of unbranched alkanes of at least 4 members (excludes halogenated alkanes) is 1. The summed E-state index contributed by atoms with van der Waals surface area (Å²) in [5, 5.41) is 15.7. The lowest BCUT2D eigenvalue weighted by atomic mass is 10.1. The number of hydrogen-bond donors (Lipinski definition) is 3. The van der Waals surface area contributed by atoms with Crippen LogP contribution in [0.4, 0.5) is 17.1 Å². The van der Waals surface area contributed by atoms with Crippen LogP contribution in [0, 0.1) is 0 Å². The number of rotatable bonds is 5. The van der Waals surface area contributed by atoms with Gasteiger partial charge < -0.3 is 20.5 Å². The Morgan fingerprint density at radius 1 is 1.27 bits per heavy atom. The lowest BCUT2D eigenvalue weighted by molar-refractivity contribution is 0.0697. The number of para-hydroxylation sites is 1. The Labute approximate surface area is 128 Å². The molecule has 0 aromatic heterocycles. The van der Waals surface area contributed by atoms with Crippen molar-refractivity contribution in [2.75, 3.05) is 17.2 Å². The molecular formula is C17H18N2O3. The fourth-order valence-electron chi connectivity index (χ4n) is 2.41. The smallest absolute Gasteiger partial charge is 0.337 e. The van der Waals surface area contributed by atoms with Crippen LogP contribution in [0.1, 0.15) is 30.1 Å². The predicted molar refractivity (Wildman–Crippen MR) is 86.6 cm³/mol. The van der Waals surface area contributed by atoms with Gasteiger partial charge in [-0.15, -0.1) is 0 Å². The minimum absolute atomic E-state index is 0.202. The molecule has 0 radical (unpaired) electrons. The molecule has 0 saturated carbocycles. The third-order valence-corrected chi connectivity index (χ3v) is 3.58. The summed E-state index contributed by atoms with van der Waals surface area (Å²) in [4.78, 5) is 11.3. The Bertz CT molecular complexity index is 713. The third kappa shape index (κ3) is 2.70. The number of nitrogens with one attached hydrogen (secondary N) is 2. The Morgan fingerprint density at radius 2 is 2.14 bits per heavy atom. The van der Waals surface area contributed by atoms with Gasteiger partial charge in [0.1, 0.15) is 0 Å². The van der Waals surface area contributed by atoms with E-state index in [0.717, 1.165) is 30.8 Å². The Morgan fingerprint density at radius 3 is 2.91 bits per heavy atom. The van der Waals surface area contributed by atoms with E-state index in [1.807, 2.05) is 18.2 Å². The maximum absolute atomic E-state index is 11.3. The first-order valence-electron chi connectivity index (χ1n) is 7.38. The first-order chi connectivity index (χ1) is 10.7. The van der Waals surface area contributed by atoms with Gasteiger partial charge in [-0.3, -0.25) is 0 Å². The van der Waals surface area contributed by atoms with Gasteiger partial charge in [0.15, 0.2) is 11.5 Å². The quantitative estimate of drug-likeness (QED) is 0.607. The number of benzene rings is 2. The number of ether oxygens (including phenoxy) is 1. The van der Waals surface area contributed by atoms with Crippen molar-refractivity contribution in [1.82, 2.24) is 0 Å². The van der Waals surface area contributed by atoms with Gasteiger partial charge in [0.25, 0.3) is 0 Å². The maximum Gasteiger partial charge on any atom is 0.337 e. The van der Waals surface area contributed by atoms with Crippen LogP contribution in [0.15, 0.2) is 36.4 Å². The summed E-state index contributed by atoms with van der Waals surface area (Å²) in [6.07, 6.45) is 2.25. The molecule has 2 aromatic rings. The van der Waals surface area contributed by atoms with E-state index in [2.05, 4.69) is 17.6 Å². The van der Waals surface area contributed by atoms with Gasteiger partial charge >= 0.3 is 5.97 Å². The molecule has 1 aliphatic rings. The molecule has 3 rings (SSSR count). The van der Waals surface area contributed by atoms with Crippen LogP contribution in [0.3, 0.4) is 0 Å². The van der Waals surface area contributed by atoms with Crippen molar-refractivity contribution in [3.63, 3.8) is 0 Å². The Hall–Kier alpha value is -2.69. The highest BCUT2D eigenvalue weighted by molar-refractivity contribution is 5.98. The molecule has 0 saturated heterocycles. The van der Waals surface area contributed by atoms with Crippen LogP contribution in [-0.2, 0) is 0 Å². The highest BCUT2D eigenvalue weighted by Crippen LogP contribution is 2.44. The molecule has 5 heteroatoms. The van der Waals surface area contributed by atoms with Crippen LogP contribution in [-0.4, -0.2) is 17.6 Å².